The Hall–Kier alpha value is -1.80. The molecule has 3 rings (SSSR count). The Bertz CT molecular complexity index is 581. The van der Waals surface area contributed by atoms with Crippen molar-refractivity contribution in [1.82, 2.24) is 0 Å². The molecule has 0 aliphatic carbocycles. The first-order valence-electron chi connectivity index (χ1n) is 6.35. The summed E-state index contributed by atoms with van der Waals surface area (Å²) in [5.74, 6) is 0.692. The number of allylic oxidation sites excluding steroid dienone is 1. The van der Waals surface area contributed by atoms with E-state index in [1.54, 1.807) is 0 Å². The number of aliphatic hydroxyl groups is 1. The van der Waals surface area contributed by atoms with E-state index in [9.17, 15) is 5.11 Å². The van der Waals surface area contributed by atoms with Crippen LogP contribution in [0, 0.1) is 0 Å². The molecule has 1 aliphatic rings. The van der Waals surface area contributed by atoms with Crippen LogP contribution in [-0.2, 0) is 4.74 Å². The van der Waals surface area contributed by atoms with Gasteiger partial charge in [-0.2, -0.15) is 0 Å². The molecule has 0 fully saturated rings. The lowest BCUT2D eigenvalue weighted by atomic mass is 9.98. The molecule has 2 heteroatoms. The lowest BCUT2D eigenvalue weighted by Crippen LogP contribution is -2.10. The van der Waals surface area contributed by atoms with Crippen LogP contribution < -0.4 is 0 Å². The van der Waals surface area contributed by atoms with Crippen LogP contribution in [0.3, 0.4) is 0 Å². The molecule has 18 heavy (non-hydrogen) atoms. The van der Waals surface area contributed by atoms with E-state index < -0.39 is 6.10 Å². The molecule has 0 aromatic heterocycles. The maximum atomic E-state index is 10.5. The van der Waals surface area contributed by atoms with Crippen molar-refractivity contribution >= 4 is 10.8 Å². The molecule has 1 N–H and O–H groups in total. The number of rotatable bonds is 2. The van der Waals surface area contributed by atoms with Crippen LogP contribution in [0.15, 0.2) is 54.3 Å². The van der Waals surface area contributed by atoms with Crippen molar-refractivity contribution in [3.63, 3.8) is 0 Å². The first-order chi connectivity index (χ1) is 8.86. The van der Waals surface area contributed by atoms with Crippen molar-refractivity contribution in [2.75, 3.05) is 6.61 Å². The van der Waals surface area contributed by atoms with Crippen LogP contribution in [0.25, 0.3) is 10.8 Å². The van der Waals surface area contributed by atoms with Crippen molar-refractivity contribution < 1.29 is 9.84 Å². The topological polar surface area (TPSA) is 29.5 Å². The van der Waals surface area contributed by atoms with Gasteiger partial charge in [-0.25, -0.2) is 0 Å². The molecular weight excluding hydrogens is 224 g/mol. The quantitative estimate of drug-likeness (QED) is 0.869. The van der Waals surface area contributed by atoms with E-state index >= 15 is 0 Å². The highest BCUT2D eigenvalue weighted by molar-refractivity contribution is 5.86. The zero-order valence-electron chi connectivity index (χ0n) is 10.2. The SMILES string of the molecule is OC(C1=CCCCO1)c1cccc2ccccc12. The van der Waals surface area contributed by atoms with Gasteiger partial charge in [0.05, 0.1) is 6.61 Å². The Morgan fingerprint density at radius 2 is 1.89 bits per heavy atom. The second-order valence-corrected chi connectivity index (χ2v) is 4.57. The van der Waals surface area contributed by atoms with Crippen LogP contribution in [0.2, 0.25) is 0 Å². The third-order valence-corrected chi connectivity index (χ3v) is 3.35. The fourth-order valence-corrected chi connectivity index (χ4v) is 2.41. The lowest BCUT2D eigenvalue weighted by Gasteiger charge is -2.21. The molecular formula is C16H16O2. The van der Waals surface area contributed by atoms with Crippen LogP contribution in [-0.4, -0.2) is 11.7 Å². The average molecular weight is 240 g/mol. The van der Waals surface area contributed by atoms with Crippen LogP contribution in [0.1, 0.15) is 24.5 Å². The van der Waals surface area contributed by atoms with E-state index in [2.05, 4.69) is 12.1 Å². The molecule has 1 heterocycles. The van der Waals surface area contributed by atoms with Gasteiger partial charge in [0.15, 0.2) is 0 Å². The van der Waals surface area contributed by atoms with Gasteiger partial charge < -0.3 is 9.84 Å². The predicted octanol–water partition coefficient (Wildman–Crippen LogP) is 3.57. The summed E-state index contributed by atoms with van der Waals surface area (Å²) >= 11 is 0. The van der Waals surface area contributed by atoms with E-state index in [0.717, 1.165) is 29.2 Å². The molecule has 0 saturated heterocycles. The first kappa shape index (κ1) is 11.3. The summed E-state index contributed by atoms with van der Waals surface area (Å²) in [4.78, 5) is 0. The Morgan fingerprint density at radius 3 is 2.72 bits per heavy atom. The summed E-state index contributed by atoms with van der Waals surface area (Å²) in [7, 11) is 0. The minimum Gasteiger partial charge on any atom is -0.495 e. The summed E-state index contributed by atoms with van der Waals surface area (Å²) in [5.41, 5.74) is 0.918. The highest BCUT2D eigenvalue weighted by atomic mass is 16.5. The van der Waals surface area contributed by atoms with Gasteiger partial charge in [0.1, 0.15) is 11.9 Å². The van der Waals surface area contributed by atoms with Crippen molar-refractivity contribution in [3.05, 3.63) is 59.9 Å². The van der Waals surface area contributed by atoms with E-state index in [4.69, 9.17) is 4.74 Å². The standard InChI is InChI=1S/C16H16O2/c17-16(15-10-3-4-11-18-15)14-9-5-7-12-6-1-2-8-13(12)14/h1-2,5-10,16-17H,3-4,11H2. The molecule has 0 saturated carbocycles. The number of aliphatic hydroxyl groups excluding tert-OH is 1. The average Bonchev–Trinajstić information content (AvgIpc) is 2.47. The molecule has 92 valence electrons. The number of fused-ring (bicyclic) bond motifs is 1. The third-order valence-electron chi connectivity index (χ3n) is 3.35. The molecule has 1 unspecified atom stereocenters. The van der Waals surface area contributed by atoms with Gasteiger partial charge in [-0.1, -0.05) is 42.5 Å². The second-order valence-electron chi connectivity index (χ2n) is 4.57. The molecule has 2 aromatic rings. The molecule has 1 aliphatic heterocycles. The van der Waals surface area contributed by atoms with E-state index in [1.165, 1.54) is 0 Å². The van der Waals surface area contributed by atoms with Crippen molar-refractivity contribution in [2.24, 2.45) is 0 Å². The van der Waals surface area contributed by atoms with Gasteiger partial charge in [-0.3, -0.25) is 0 Å². The molecule has 2 nitrogen and oxygen atoms in total. The summed E-state index contributed by atoms with van der Waals surface area (Å²) in [6.07, 6.45) is 3.36. The van der Waals surface area contributed by atoms with Gasteiger partial charge in [0, 0.05) is 0 Å². The first-order valence-corrected chi connectivity index (χ1v) is 6.35. The summed E-state index contributed by atoms with van der Waals surface area (Å²) < 4.78 is 5.55. The lowest BCUT2D eigenvalue weighted by molar-refractivity contribution is 0.0926. The maximum Gasteiger partial charge on any atom is 0.136 e. The number of hydrogen-bond acceptors (Lipinski definition) is 2. The fraction of sp³-hybridized carbons (Fsp3) is 0.250. The van der Waals surface area contributed by atoms with Gasteiger partial charge >= 0.3 is 0 Å². The van der Waals surface area contributed by atoms with Crippen molar-refractivity contribution in [1.29, 1.82) is 0 Å². The summed E-state index contributed by atoms with van der Waals surface area (Å²) in [6, 6.07) is 14.1. The Labute approximate surface area is 107 Å². The number of ether oxygens (including phenoxy) is 1. The molecule has 0 spiro atoms. The summed E-state index contributed by atoms with van der Waals surface area (Å²) in [6.45, 7) is 0.702. The summed E-state index contributed by atoms with van der Waals surface area (Å²) in [5, 5.41) is 12.7. The Balaban J connectivity index is 2.05. The maximum absolute atomic E-state index is 10.5. The Kier molecular flexibility index (Phi) is 3.03. The van der Waals surface area contributed by atoms with Crippen molar-refractivity contribution in [3.8, 4) is 0 Å². The monoisotopic (exact) mass is 240 g/mol. The van der Waals surface area contributed by atoms with Crippen molar-refractivity contribution in [2.45, 2.75) is 18.9 Å². The van der Waals surface area contributed by atoms with E-state index in [0.29, 0.717) is 12.4 Å². The van der Waals surface area contributed by atoms with Gasteiger partial charge in [0.2, 0.25) is 0 Å². The minimum absolute atomic E-state index is 0.656. The van der Waals surface area contributed by atoms with Gasteiger partial charge in [0.25, 0.3) is 0 Å². The normalized spacial score (nSPS) is 17.1. The zero-order chi connectivity index (χ0) is 12.4. The predicted molar refractivity (Wildman–Crippen MR) is 72.2 cm³/mol. The van der Waals surface area contributed by atoms with Crippen LogP contribution in [0.5, 0.6) is 0 Å². The highest BCUT2D eigenvalue weighted by Gasteiger charge is 2.18. The molecule has 0 amide bonds. The second kappa shape index (κ2) is 4.83. The number of hydrogen-bond donors (Lipinski definition) is 1. The molecule has 0 radical (unpaired) electrons. The van der Waals surface area contributed by atoms with E-state index in [-0.39, 0.29) is 0 Å². The van der Waals surface area contributed by atoms with Crippen LogP contribution in [0.4, 0.5) is 0 Å². The number of benzene rings is 2. The van der Waals surface area contributed by atoms with E-state index in [1.807, 2.05) is 36.4 Å². The van der Waals surface area contributed by atoms with Gasteiger partial charge in [-0.15, -0.1) is 0 Å². The minimum atomic E-state index is -0.656. The third kappa shape index (κ3) is 2.00. The molecule has 0 bridgehead atoms. The van der Waals surface area contributed by atoms with Gasteiger partial charge in [-0.05, 0) is 35.3 Å². The Morgan fingerprint density at radius 1 is 1.06 bits per heavy atom. The van der Waals surface area contributed by atoms with Crippen LogP contribution >= 0.6 is 0 Å². The smallest absolute Gasteiger partial charge is 0.136 e. The zero-order valence-corrected chi connectivity index (χ0v) is 10.2. The molecule has 1 atom stereocenters. The molecule has 2 aromatic carbocycles. The fourth-order valence-electron chi connectivity index (χ4n) is 2.41. The highest BCUT2D eigenvalue weighted by Crippen LogP contribution is 2.30. The largest absolute Gasteiger partial charge is 0.495 e.